The molecule has 0 bridgehead atoms. The number of rotatable bonds is 6. The van der Waals surface area contributed by atoms with E-state index in [-0.39, 0.29) is 0 Å². The Balaban J connectivity index is 1.36. The molecule has 2 aliphatic rings. The topological polar surface area (TPSA) is 9.23 Å². The van der Waals surface area contributed by atoms with Gasteiger partial charge >= 0.3 is 0 Å². The maximum absolute atomic E-state index is 5.97. The third-order valence-corrected chi connectivity index (χ3v) is 6.38. The molecule has 2 fully saturated rings. The van der Waals surface area contributed by atoms with Crippen molar-refractivity contribution in [3.63, 3.8) is 0 Å². The molecule has 0 saturated heterocycles. The molecule has 0 heterocycles. The van der Waals surface area contributed by atoms with Crippen LogP contribution >= 0.6 is 0 Å². The van der Waals surface area contributed by atoms with Crippen molar-refractivity contribution in [2.75, 3.05) is 6.61 Å². The molecule has 0 atom stereocenters. The average molecular weight is 315 g/mol. The predicted molar refractivity (Wildman–Crippen MR) is 97.7 cm³/mol. The molecule has 0 aromatic heterocycles. The first-order chi connectivity index (χ1) is 11.3. The van der Waals surface area contributed by atoms with Crippen molar-refractivity contribution in [2.45, 2.75) is 71.1 Å². The minimum Gasteiger partial charge on any atom is -0.493 e. The van der Waals surface area contributed by atoms with E-state index in [1.54, 1.807) is 0 Å². The quantitative estimate of drug-likeness (QED) is 0.584. The molecule has 0 spiro atoms. The maximum Gasteiger partial charge on any atom is 0.119 e. The van der Waals surface area contributed by atoms with Crippen LogP contribution in [-0.4, -0.2) is 6.61 Å². The molecule has 1 aromatic rings. The third kappa shape index (κ3) is 4.99. The second-order valence-corrected chi connectivity index (χ2v) is 7.97. The van der Waals surface area contributed by atoms with Crippen LogP contribution in [0.3, 0.4) is 0 Å². The molecule has 0 aliphatic heterocycles. The highest BCUT2D eigenvalue weighted by Crippen LogP contribution is 2.42. The van der Waals surface area contributed by atoms with Gasteiger partial charge in [-0.1, -0.05) is 50.8 Å². The zero-order chi connectivity index (χ0) is 15.9. The lowest BCUT2D eigenvalue weighted by Gasteiger charge is -2.37. The molecule has 1 nitrogen and oxygen atoms in total. The van der Waals surface area contributed by atoms with E-state index in [1.807, 2.05) is 6.07 Å². The van der Waals surface area contributed by atoms with Gasteiger partial charge in [-0.2, -0.15) is 0 Å². The van der Waals surface area contributed by atoms with Crippen LogP contribution in [0.4, 0.5) is 0 Å². The van der Waals surface area contributed by atoms with Crippen molar-refractivity contribution in [2.24, 2.45) is 23.7 Å². The normalized spacial score (nSPS) is 31.7. The summed E-state index contributed by atoms with van der Waals surface area (Å²) in [5.41, 5.74) is 0. The lowest BCUT2D eigenvalue weighted by atomic mass is 9.69. The Kier molecular flexibility index (Phi) is 6.42. The van der Waals surface area contributed by atoms with E-state index in [9.17, 15) is 0 Å². The SMILES string of the molecule is CCC[C@H]1CC[C@H]([C@H]2CC[C@H](COc3ccccc3)CC2)CC1. The summed E-state index contributed by atoms with van der Waals surface area (Å²) >= 11 is 0. The smallest absolute Gasteiger partial charge is 0.119 e. The Morgan fingerprint density at radius 2 is 1.35 bits per heavy atom. The van der Waals surface area contributed by atoms with Gasteiger partial charge in [0.2, 0.25) is 0 Å². The highest BCUT2D eigenvalue weighted by molar-refractivity contribution is 5.20. The Morgan fingerprint density at radius 1 is 0.783 bits per heavy atom. The van der Waals surface area contributed by atoms with Crippen LogP contribution < -0.4 is 4.74 Å². The summed E-state index contributed by atoms with van der Waals surface area (Å²) in [5.74, 6) is 4.92. The minimum atomic E-state index is 0.780. The predicted octanol–water partition coefficient (Wildman–Crippen LogP) is 6.48. The molecule has 1 heteroatoms. The summed E-state index contributed by atoms with van der Waals surface area (Å²) in [4.78, 5) is 0. The van der Waals surface area contributed by atoms with Crippen molar-refractivity contribution in [1.82, 2.24) is 0 Å². The van der Waals surface area contributed by atoms with Gasteiger partial charge in [0, 0.05) is 0 Å². The van der Waals surface area contributed by atoms with Gasteiger partial charge in [-0.05, 0) is 74.3 Å². The van der Waals surface area contributed by atoms with Gasteiger partial charge < -0.3 is 4.74 Å². The van der Waals surface area contributed by atoms with Crippen molar-refractivity contribution in [3.8, 4) is 5.75 Å². The summed E-state index contributed by atoms with van der Waals surface area (Å²) < 4.78 is 5.97. The lowest BCUT2D eigenvalue weighted by Crippen LogP contribution is -2.27. The van der Waals surface area contributed by atoms with Gasteiger partial charge in [0.1, 0.15) is 5.75 Å². The van der Waals surface area contributed by atoms with E-state index >= 15 is 0 Å². The van der Waals surface area contributed by atoms with Crippen LogP contribution in [0.15, 0.2) is 30.3 Å². The Bertz CT molecular complexity index is 425. The fourth-order valence-electron chi connectivity index (χ4n) is 4.91. The summed E-state index contributed by atoms with van der Waals surface area (Å²) in [6.45, 7) is 3.25. The van der Waals surface area contributed by atoms with E-state index in [1.165, 1.54) is 64.2 Å². The standard InChI is InChI=1S/C22H34O/c1-2-6-18-9-13-20(14-10-18)21-15-11-19(12-16-21)17-23-22-7-4-3-5-8-22/h3-5,7-8,18-21H,2,6,9-17H2,1H3/t18-,19-,20-,21-. The van der Waals surface area contributed by atoms with Gasteiger partial charge in [0.25, 0.3) is 0 Å². The van der Waals surface area contributed by atoms with E-state index < -0.39 is 0 Å². The highest BCUT2D eigenvalue weighted by atomic mass is 16.5. The zero-order valence-electron chi connectivity index (χ0n) is 14.9. The molecule has 1 aromatic carbocycles. The fourth-order valence-corrected chi connectivity index (χ4v) is 4.91. The van der Waals surface area contributed by atoms with Gasteiger partial charge in [-0.25, -0.2) is 0 Å². The van der Waals surface area contributed by atoms with Crippen LogP contribution in [0.25, 0.3) is 0 Å². The van der Waals surface area contributed by atoms with Gasteiger partial charge in [0.15, 0.2) is 0 Å². The third-order valence-electron chi connectivity index (χ3n) is 6.38. The first kappa shape index (κ1) is 16.9. The van der Waals surface area contributed by atoms with Gasteiger partial charge in [-0.3, -0.25) is 0 Å². The minimum absolute atomic E-state index is 0.780. The Morgan fingerprint density at radius 3 is 1.91 bits per heavy atom. The van der Waals surface area contributed by atoms with Crippen LogP contribution in [0.5, 0.6) is 5.75 Å². The molecule has 23 heavy (non-hydrogen) atoms. The molecule has 128 valence electrons. The summed E-state index contributed by atoms with van der Waals surface area (Å²) in [7, 11) is 0. The first-order valence-corrected chi connectivity index (χ1v) is 10.0. The van der Waals surface area contributed by atoms with Crippen LogP contribution in [-0.2, 0) is 0 Å². The Labute approximate surface area is 142 Å². The van der Waals surface area contributed by atoms with Crippen molar-refractivity contribution >= 4 is 0 Å². The molecule has 0 radical (unpaired) electrons. The van der Waals surface area contributed by atoms with E-state index in [2.05, 4.69) is 31.2 Å². The van der Waals surface area contributed by atoms with Crippen LogP contribution in [0, 0.1) is 23.7 Å². The van der Waals surface area contributed by atoms with Crippen molar-refractivity contribution < 1.29 is 4.74 Å². The molecule has 2 aliphatic carbocycles. The second-order valence-electron chi connectivity index (χ2n) is 7.97. The molecule has 2 saturated carbocycles. The molecular formula is C22H34O. The molecule has 0 N–H and O–H groups in total. The summed E-state index contributed by atoms with van der Waals surface area (Å²) in [6, 6.07) is 10.3. The Hall–Kier alpha value is -0.980. The molecule has 0 unspecified atom stereocenters. The number of para-hydroxylation sites is 1. The van der Waals surface area contributed by atoms with E-state index in [0.717, 1.165) is 36.0 Å². The first-order valence-electron chi connectivity index (χ1n) is 10.0. The number of benzene rings is 1. The largest absolute Gasteiger partial charge is 0.493 e. The summed E-state index contributed by atoms with van der Waals surface area (Å²) in [5, 5.41) is 0. The fraction of sp³-hybridized carbons (Fsp3) is 0.727. The molecule has 0 amide bonds. The second kappa shape index (κ2) is 8.76. The molecule has 3 rings (SSSR count). The van der Waals surface area contributed by atoms with Crippen LogP contribution in [0.1, 0.15) is 71.1 Å². The highest BCUT2D eigenvalue weighted by Gasteiger charge is 2.30. The lowest BCUT2D eigenvalue weighted by molar-refractivity contribution is 0.122. The number of hydrogen-bond acceptors (Lipinski definition) is 1. The van der Waals surface area contributed by atoms with Gasteiger partial charge in [0.05, 0.1) is 6.61 Å². The number of ether oxygens (including phenoxy) is 1. The molecular weight excluding hydrogens is 280 g/mol. The van der Waals surface area contributed by atoms with Crippen LogP contribution in [0.2, 0.25) is 0 Å². The number of hydrogen-bond donors (Lipinski definition) is 0. The maximum atomic E-state index is 5.97. The van der Waals surface area contributed by atoms with Crippen molar-refractivity contribution in [1.29, 1.82) is 0 Å². The zero-order valence-corrected chi connectivity index (χ0v) is 14.9. The average Bonchev–Trinajstić information content (AvgIpc) is 2.62. The van der Waals surface area contributed by atoms with Gasteiger partial charge in [-0.15, -0.1) is 0 Å². The monoisotopic (exact) mass is 314 g/mol. The van der Waals surface area contributed by atoms with E-state index in [4.69, 9.17) is 4.74 Å². The van der Waals surface area contributed by atoms with Crippen molar-refractivity contribution in [3.05, 3.63) is 30.3 Å². The van der Waals surface area contributed by atoms with E-state index in [0.29, 0.717) is 0 Å². The summed E-state index contributed by atoms with van der Waals surface area (Å²) in [6.07, 6.45) is 14.6.